The number of fused-ring (bicyclic) bond motifs is 1. The van der Waals surface area contributed by atoms with Crippen molar-refractivity contribution in [2.24, 2.45) is 0 Å². The average Bonchev–Trinajstić information content (AvgIpc) is 2.50. The fourth-order valence-electron chi connectivity index (χ4n) is 2.04. The molecule has 1 aromatic heterocycles. The minimum atomic E-state index is -0.967. The minimum absolute atomic E-state index is 0.137. The normalized spacial score (nSPS) is 12.0. The molecule has 0 aliphatic carbocycles. The first kappa shape index (κ1) is 14.9. The van der Waals surface area contributed by atoms with Crippen molar-refractivity contribution in [3.05, 3.63) is 42.1 Å². The summed E-state index contributed by atoms with van der Waals surface area (Å²) in [6.07, 6.45) is 0.950. The van der Waals surface area contributed by atoms with Crippen LogP contribution in [0.4, 0.5) is 0 Å². The summed E-state index contributed by atoms with van der Waals surface area (Å²) in [6.45, 7) is 0.137. The summed E-state index contributed by atoms with van der Waals surface area (Å²) in [5.74, 6) is -1.24. The maximum Gasteiger partial charge on any atom is 0.306 e. The number of carboxylic acids is 1. The molecular formula is C15H16N2O4. The predicted octanol–water partition coefficient (Wildman–Crippen LogP) is 1.45. The van der Waals surface area contributed by atoms with Gasteiger partial charge < -0.3 is 15.2 Å². The standard InChI is InChI=1S/C15H16N2O4/c1-21-10(8-14(18)19)9-17-15(20)12-4-2-6-13-11(12)5-3-7-16-13/h2-7,10H,8-9H2,1H3,(H,17,20)(H,18,19). The highest BCUT2D eigenvalue weighted by molar-refractivity contribution is 6.06. The lowest BCUT2D eigenvalue weighted by molar-refractivity contribution is -0.139. The first-order valence-electron chi connectivity index (χ1n) is 6.48. The number of carbonyl (C=O) groups excluding carboxylic acids is 1. The van der Waals surface area contributed by atoms with Gasteiger partial charge in [-0.3, -0.25) is 14.6 Å². The molecule has 0 radical (unpaired) electrons. The van der Waals surface area contributed by atoms with Crippen LogP contribution in [0.2, 0.25) is 0 Å². The lowest BCUT2D eigenvalue weighted by atomic mass is 10.1. The Hall–Kier alpha value is -2.47. The van der Waals surface area contributed by atoms with E-state index in [1.54, 1.807) is 24.4 Å². The highest BCUT2D eigenvalue weighted by Gasteiger charge is 2.15. The number of benzene rings is 1. The second-order valence-corrected chi connectivity index (χ2v) is 4.54. The Balaban J connectivity index is 2.10. The number of nitrogens with one attached hydrogen (secondary N) is 1. The molecule has 0 bridgehead atoms. The van der Waals surface area contributed by atoms with E-state index in [-0.39, 0.29) is 18.9 Å². The van der Waals surface area contributed by atoms with Crippen molar-refractivity contribution in [1.82, 2.24) is 10.3 Å². The van der Waals surface area contributed by atoms with Crippen LogP contribution in [0.3, 0.4) is 0 Å². The number of carbonyl (C=O) groups is 2. The van der Waals surface area contributed by atoms with Crippen molar-refractivity contribution < 1.29 is 19.4 Å². The zero-order chi connectivity index (χ0) is 15.2. The Morgan fingerprint density at radius 2 is 2.14 bits per heavy atom. The van der Waals surface area contributed by atoms with E-state index in [0.717, 1.165) is 10.9 Å². The molecule has 0 saturated carbocycles. The molecule has 1 atom stereocenters. The van der Waals surface area contributed by atoms with Crippen LogP contribution in [0.15, 0.2) is 36.5 Å². The van der Waals surface area contributed by atoms with Crippen molar-refractivity contribution in [3.63, 3.8) is 0 Å². The Morgan fingerprint density at radius 1 is 1.33 bits per heavy atom. The van der Waals surface area contributed by atoms with Crippen LogP contribution in [0.25, 0.3) is 10.9 Å². The summed E-state index contributed by atoms with van der Waals surface area (Å²) in [5, 5.41) is 12.2. The van der Waals surface area contributed by atoms with E-state index in [2.05, 4.69) is 10.3 Å². The van der Waals surface area contributed by atoms with Crippen LogP contribution >= 0.6 is 0 Å². The third-order valence-electron chi connectivity index (χ3n) is 3.12. The summed E-state index contributed by atoms with van der Waals surface area (Å²) < 4.78 is 5.03. The summed E-state index contributed by atoms with van der Waals surface area (Å²) in [5.41, 5.74) is 1.24. The van der Waals surface area contributed by atoms with Crippen molar-refractivity contribution >= 4 is 22.8 Å². The van der Waals surface area contributed by atoms with Gasteiger partial charge in [-0.25, -0.2) is 0 Å². The molecule has 2 N–H and O–H groups in total. The van der Waals surface area contributed by atoms with Crippen LogP contribution in [0, 0.1) is 0 Å². The summed E-state index contributed by atoms with van der Waals surface area (Å²) >= 11 is 0. The number of nitrogens with zero attached hydrogens (tertiary/aromatic N) is 1. The van der Waals surface area contributed by atoms with Crippen molar-refractivity contribution in [2.75, 3.05) is 13.7 Å². The van der Waals surface area contributed by atoms with Gasteiger partial charge in [-0.15, -0.1) is 0 Å². The van der Waals surface area contributed by atoms with Gasteiger partial charge in [0.1, 0.15) is 0 Å². The first-order valence-corrected chi connectivity index (χ1v) is 6.48. The van der Waals surface area contributed by atoms with E-state index in [4.69, 9.17) is 9.84 Å². The van der Waals surface area contributed by atoms with E-state index < -0.39 is 12.1 Å². The largest absolute Gasteiger partial charge is 0.481 e. The molecule has 6 heteroatoms. The van der Waals surface area contributed by atoms with Gasteiger partial charge in [-0.05, 0) is 18.2 Å². The lowest BCUT2D eigenvalue weighted by Gasteiger charge is -2.14. The number of carboxylic acid groups (broad SMARTS) is 1. The molecule has 0 spiro atoms. The Morgan fingerprint density at radius 3 is 2.86 bits per heavy atom. The number of aliphatic carboxylic acids is 1. The van der Waals surface area contributed by atoms with Crippen molar-refractivity contribution in [2.45, 2.75) is 12.5 Å². The van der Waals surface area contributed by atoms with E-state index >= 15 is 0 Å². The van der Waals surface area contributed by atoms with Gasteiger partial charge in [0.2, 0.25) is 0 Å². The molecule has 0 aliphatic rings. The molecule has 2 rings (SSSR count). The van der Waals surface area contributed by atoms with Gasteiger partial charge >= 0.3 is 5.97 Å². The molecule has 1 unspecified atom stereocenters. The summed E-state index contributed by atoms with van der Waals surface area (Å²) in [4.78, 5) is 27.1. The average molecular weight is 288 g/mol. The minimum Gasteiger partial charge on any atom is -0.481 e. The molecule has 0 aliphatic heterocycles. The number of pyridine rings is 1. The molecule has 6 nitrogen and oxygen atoms in total. The smallest absolute Gasteiger partial charge is 0.306 e. The molecule has 2 aromatic rings. The number of hydrogen-bond acceptors (Lipinski definition) is 4. The number of methoxy groups -OCH3 is 1. The lowest BCUT2D eigenvalue weighted by Crippen LogP contribution is -2.34. The topological polar surface area (TPSA) is 88.5 Å². The Kier molecular flexibility index (Phi) is 4.84. The van der Waals surface area contributed by atoms with Crippen molar-refractivity contribution in [1.29, 1.82) is 0 Å². The quantitative estimate of drug-likeness (QED) is 0.840. The third-order valence-corrected chi connectivity index (χ3v) is 3.12. The number of aromatic nitrogens is 1. The predicted molar refractivity (Wildman–Crippen MR) is 77.1 cm³/mol. The van der Waals surface area contributed by atoms with Gasteiger partial charge in [0.25, 0.3) is 5.91 Å². The van der Waals surface area contributed by atoms with Gasteiger partial charge in [-0.2, -0.15) is 0 Å². The van der Waals surface area contributed by atoms with Crippen LogP contribution in [-0.2, 0) is 9.53 Å². The monoisotopic (exact) mass is 288 g/mol. The van der Waals surface area contributed by atoms with Gasteiger partial charge in [-0.1, -0.05) is 12.1 Å². The van der Waals surface area contributed by atoms with Gasteiger partial charge in [0.15, 0.2) is 0 Å². The van der Waals surface area contributed by atoms with Gasteiger partial charge in [0.05, 0.1) is 18.0 Å². The summed E-state index contributed by atoms with van der Waals surface area (Å²) in [7, 11) is 1.42. The number of ether oxygens (including phenoxy) is 1. The molecule has 1 aromatic carbocycles. The third kappa shape index (κ3) is 3.76. The summed E-state index contributed by atoms with van der Waals surface area (Å²) in [6, 6.07) is 8.88. The van der Waals surface area contributed by atoms with E-state index in [9.17, 15) is 9.59 Å². The number of amides is 1. The van der Waals surface area contributed by atoms with Crippen LogP contribution < -0.4 is 5.32 Å². The van der Waals surface area contributed by atoms with Crippen molar-refractivity contribution in [3.8, 4) is 0 Å². The molecule has 1 heterocycles. The maximum absolute atomic E-state index is 12.2. The molecule has 0 fully saturated rings. The van der Waals surface area contributed by atoms with Gasteiger partial charge in [0, 0.05) is 30.8 Å². The zero-order valence-corrected chi connectivity index (χ0v) is 11.6. The van der Waals surface area contributed by atoms with Crippen LogP contribution in [0.5, 0.6) is 0 Å². The second-order valence-electron chi connectivity index (χ2n) is 4.54. The SMILES string of the molecule is COC(CNC(=O)c1cccc2ncccc12)CC(=O)O. The molecule has 21 heavy (non-hydrogen) atoms. The molecule has 0 saturated heterocycles. The fraction of sp³-hybridized carbons (Fsp3) is 0.267. The highest BCUT2D eigenvalue weighted by Crippen LogP contribution is 2.16. The highest BCUT2D eigenvalue weighted by atomic mass is 16.5. The molecular weight excluding hydrogens is 272 g/mol. The first-order chi connectivity index (χ1) is 10.1. The van der Waals surface area contributed by atoms with E-state index in [1.807, 2.05) is 12.1 Å². The zero-order valence-electron chi connectivity index (χ0n) is 11.6. The van der Waals surface area contributed by atoms with Crippen LogP contribution in [0.1, 0.15) is 16.8 Å². The fourth-order valence-corrected chi connectivity index (χ4v) is 2.04. The Labute approximate surface area is 121 Å². The Bertz CT molecular complexity index is 652. The van der Waals surface area contributed by atoms with Crippen LogP contribution in [-0.4, -0.2) is 41.7 Å². The molecule has 110 valence electrons. The number of hydrogen-bond donors (Lipinski definition) is 2. The number of rotatable bonds is 6. The second kappa shape index (κ2) is 6.81. The van der Waals surface area contributed by atoms with E-state index in [0.29, 0.717) is 5.56 Å². The maximum atomic E-state index is 12.2. The molecule has 1 amide bonds. The van der Waals surface area contributed by atoms with E-state index in [1.165, 1.54) is 7.11 Å².